The van der Waals surface area contributed by atoms with E-state index in [0.29, 0.717) is 6.42 Å². The number of rotatable bonds is 4. The van der Waals surface area contributed by atoms with Crippen molar-refractivity contribution in [3.63, 3.8) is 0 Å². The Labute approximate surface area is 127 Å². The molecule has 108 valence electrons. The van der Waals surface area contributed by atoms with Crippen molar-refractivity contribution in [2.75, 3.05) is 4.90 Å². The van der Waals surface area contributed by atoms with Gasteiger partial charge in [-0.15, -0.1) is 0 Å². The molecule has 0 saturated carbocycles. The minimum absolute atomic E-state index is 0.575. The Morgan fingerprint density at radius 3 is 2.67 bits per heavy atom. The molecule has 0 saturated heterocycles. The third-order valence-electron chi connectivity index (χ3n) is 3.45. The maximum absolute atomic E-state index is 11.1. The van der Waals surface area contributed by atoms with Gasteiger partial charge in [-0.2, -0.15) is 0 Å². The first-order valence-electron chi connectivity index (χ1n) is 6.71. The van der Waals surface area contributed by atoms with Gasteiger partial charge in [-0.25, -0.2) is 4.98 Å². The number of aliphatic hydroxyl groups is 1. The lowest BCUT2D eigenvalue weighted by atomic mass is 9.91. The van der Waals surface area contributed by atoms with Gasteiger partial charge in [0.25, 0.3) is 0 Å². The van der Waals surface area contributed by atoms with E-state index in [1.54, 1.807) is 18.6 Å². The van der Waals surface area contributed by atoms with Gasteiger partial charge in [0.2, 0.25) is 0 Å². The molecular formula is C15H16N4OS. The number of hydrogen-bond donors (Lipinski definition) is 2. The van der Waals surface area contributed by atoms with Crippen molar-refractivity contribution in [2.24, 2.45) is 0 Å². The fourth-order valence-corrected chi connectivity index (χ4v) is 3.27. The molecule has 3 rings (SSSR count). The van der Waals surface area contributed by atoms with E-state index in [4.69, 9.17) is 0 Å². The Hall–Kier alpha value is -2.18. The summed E-state index contributed by atoms with van der Waals surface area (Å²) in [5.41, 5.74) is -0.193. The van der Waals surface area contributed by atoms with Crippen LogP contribution in [0.3, 0.4) is 0 Å². The first-order valence-corrected chi connectivity index (χ1v) is 7.52. The minimum atomic E-state index is -1.03. The summed E-state index contributed by atoms with van der Waals surface area (Å²) in [7, 11) is 0. The second-order valence-electron chi connectivity index (χ2n) is 4.66. The molecule has 0 amide bonds. The second kappa shape index (κ2) is 5.67. The van der Waals surface area contributed by atoms with E-state index in [2.05, 4.69) is 15.3 Å². The molecule has 5 nitrogen and oxygen atoms in total. The maximum atomic E-state index is 11.1. The van der Waals surface area contributed by atoms with Crippen LogP contribution in [0.5, 0.6) is 0 Å². The van der Waals surface area contributed by atoms with Gasteiger partial charge < -0.3 is 10.4 Å². The van der Waals surface area contributed by atoms with Crippen LogP contribution in [-0.2, 0) is 5.60 Å². The van der Waals surface area contributed by atoms with Crippen molar-refractivity contribution in [3.05, 3.63) is 66.0 Å². The van der Waals surface area contributed by atoms with E-state index in [1.165, 1.54) is 11.3 Å². The summed E-state index contributed by atoms with van der Waals surface area (Å²) < 4.78 is 0. The Bertz CT molecular complexity index is 655. The van der Waals surface area contributed by atoms with Crippen molar-refractivity contribution in [3.8, 4) is 0 Å². The van der Waals surface area contributed by atoms with E-state index in [1.807, 2.05) is 48.8 Å². The summed E-state index contributed by atoms with van der Waals surface area (Å²) in [6, 6.07) is 3.68. The van der Waals surface area contributed by atoms with E-state index in [-0.39, 0.29) is 0 Å². The highest BCUT2D eigenvalue weighted by Crippen LogP contribution is 2.38. The van der Waals surface area contributed by atoms with Crippen molar-refractivity contribution in [1.29, 1.82) is 0 Å². The molecule has 21 heavy (non-hydrogen) atoms. The Balaban J connectivity index is 1.95. The monoisotopic (exact) mass is 300 g/mol. The second-order valence-corrected chi connectivity index (χ2v) is 5.67. The van der Waals surface area contributed by atoms with E-state index in [0.717, 1.165) is 15.6 Å². The Morgan fingerprint density at radius 1 is 1.29 bits per heavy atom. The zero-order valence-electron chi connectivity index (χ0n) is 11.6. The fourth-order valence-electron chi connectivity index (χ4n) is 2.20. The Morgan fingerprint density at radius 2 is 2.00 bits per heavy atom. The van der Waals surface area contributed by atoms with Gasteiger partial charge in [-0.3, -0.25) is 9.88 Å². The number of pyridine rings is 1. The molecule has 6 heteroatoms. The van der Waals surface area contributed by atoms with Crippen LogP contribution >= 0.6 is 11.3 Å². The van der Waals surface area contributed by atoms with Crippen LogP contribution < -0.4 is 10.2 Å². The maximum Gasteiger partial charge on any atom is 0.193 e. The molecule has 0 radical (unpaired) electrons. The molecule has 1 unspecified atom stereocenters. The lowest BCUT2D eigenvalue weighted by Gasteiger charge is -2.25. The van der Waals surface area contributed by atoms with Gasteiger partial charge in [0, 0.05) is 43.4 Å². The lowest BCUT2D eigenvalue weighted by molar-refractivity contribution is 0.0801. The third-order valence-corrected chi connectivity index (χ3v) is 4.62. The fraction of sp³-hybridized carbons (Fsp3) is 0.200. The van der Waals surface area contributed by atoms with Crippen LogP contribution in [0, 0.1) is 0 Å². The van der Waals surface area contributed by atoms with Crippen LogP contribution in [0.1, 0.15) is 23.8 Å². The van der Waals surface area contributed by atoms with Crippen LogP contribution in [0.25, 0.3) is 0 Å². The van der Waals surface area contributed by atoms with E-state index >= 15 is 0 Å². The molecule has 0 aliphatic carbocycles. The predicted molar refractivity (Wildman–Crippen MR) is 83.5 cm³/mol. The largest absolute Gasteiger partial charge is 0.379 e. The summed E-state index contributed by atoms with van der Waals surface area (Å²) in [6.07, 6.45) is 13.1. The van der Waals surface area contributed by atoms with Gasteiger partial charge in [0.15, 0.2) is 5.13 Å². The molecule has 1 aliphatic heterocycles. The highest BCUT2D eigenvalue weighted by molar-refractivity contribution is 7.15. The SMILES string of the molecule is CCC(O)(c1ccncc1)c1cnc(N2C=CNC=C2)s1. The quantitative estimate of drug-likeness (QED) is 0.908. The number of aromatic nitrogens is 2. The number of thiazole rings is 1. The summed E-state index contributed by atoms with van der Waals surface area (Å²) in [6.45, 7) is 1.96. The number of hydrogen-bond acceptors (Lipinski definition) is 6. The standard InChI is InChI=1S/C15H16N4OS/c1-2-15(20,12-3-5-16-6-4-12)13-11-18-14(21-13)19-9-7-17-8-10-19/h3-11,17,20H,2H2,1H3. The Kier molecular flexibility index (Phi) is 3.72. The molecule has 0 fully saturated rings. The van der Waals surface area contributed by atoms with Crippen LogP contribution in [0.2, 0.25) is 0 Å². The summed E-state index contributed by atoms with van der Waals surface area (Å²) in [5, 5.41) is 14.8. The minimum Gasteiger partial charge on any atom is -0.379 e. The molecule has 3 heterocycles. The molecule has 1 atom stereocenters. The van der Waals surface area contributed by atoms with Gasteiger partial charge in [-0.1, -0.05) is 18.3 Å². The zero-order valence-corrected chi connectivity index (χ0v) is 12.4. The topological polar surface area (TPSA) is 61.3 Å². The summed E-state index contributed by atoms with van der Waals surface area (Å²) >= 11 is 1.48. The van der Waals surface area contributed by atoms with Gasteiger partial charge in [0.1, 0.15) is 5.60 Å². The van der Waals surface area contributed by atoms with Crippen LogP contribution in [0.4, 0.5) is 5.13 Å². The molecule has 1 aliphatic rings. The zero-order chi connectivity index (χ0) is 14.7. The summed E-state index contributed by atoms with van der Waals surface area (Å²) in [4.78, 5) is 11.2. The van der Waals surface area contributed by atoms with Crippen LogP contribution in [-0.4, -0.2) is 15.1 Å². The van der Waals surface area contributed by atoms with Gasteiger partial charge >= 0.3 is 0 Å². The third kappa shape index (κ3) is 2.55. The first-order chi connectivity index (χ1) is 10.2. The van der Waals surface area contributed by atoms with Crippen molar-refractivity contribution >= 4 is 16.5 Å². The number of nitrogens with one attached hydrogen (secondary N) is 1. The average molecular weight is 300 g/mol. The van der Waals surface area contributed by atoms with Crippen molar-refractivity contribution in [1.82, 2.24) is 15.3 Å². The summed E-state index contributed by atoms with van der Waals surface area (Å²) in [5.74, 6) is 0. The molecule has 2 aromatic heterocycles. The lowest BCUT2D eigenvalue weighted by Crippen LogP contribution is -2.25. The number of nitrogens with zero attached hydrogens (tertiary/aromatic N) is 3. The highest BCUT2D eigenvalue weighted by Gasteiger charge is 2.32. The smallest absolute Gasteiger partial charge is 0.193 e. The molecule has 0 aromatic carbocycles. The first kappa shape index (κ1) is 13.8. The van der Waals surface area contributed by atoms with E-state index in [9.17, 15) is 5.11 Å². The van der Waals surface area contributed by atoms with Gasteiger partial charge in [0.05, 0.1) is 4.88 Å². The van der Waals surface area contributed by atoms with Gasteiger partial charge in [-0.05, 0) is 24.1 Å². The van der Waals surface area contributed by atoms with Crippen molar-refractivity contribution < 1.29 is 5.11 Å². The highest BCUT2D eigenvalue weighted by atomic mass is 32.1. The number of anilines is 1. The average Bonchev–Trinajstić information content (AvgIpc) is 3.06. The normalized spacial score (nSPS) is 16.6. The van der Waals surface area contributed by atoms with E-state index < -0.39 is 5.60 Å². The molecule has 0 bridgehead atoms. The van der Waals surface area contributed by atoms with Crippen molar-refractivity contribution in [2.45, 2.75) is 18.9 Å². The molecule has 2 N–H and O–H groups in total. The molecule has 2 aromatic rings. The predicted octanol–water partition coefficient (Wildman–Crippen LogP) is 2.54. The van der Waals surface area contributed by atoms with Crippen LogP contribution in [0.15, 0.2) is 55.5 Å². The molecule has 0 spiro atoms. The molecular weight excluding hydrogens is 284 g/mol.